The van der Waals surface area contributed by atoms with Gasteiger partial charge in [-0.25, -0.2) is 14.4 Å². The summed E-state index contributed by atoms with van der Waals surface area (Å²) in [5.74, 6) is -1.55. The van der Waals surface area contributed by atoms with Gasteiger partial charge in [0.05, 0.1) is 17.2 Å². The Morgan fingerprint density at radius 2 is 1.93 bits per heavy atom. The van der Waals surface area contributed by atoms with Gasteiger partial charge in [0.25, 0.3) is 5.91 Å². The molecule has 11 heteroatoms. The molecule has 30 heavy (non-hydrogen) atoms. The van der Waals surface area contributed by atoms with Crippen LogP contribution in [0.15, 0.2) is 36.8 Å². The minimum atomic E-state index is -4.70. The second-order valence-electron chi connectivity index (χ2n) is 6.42. The lowest BCUT2D eigenvalue weighted by atomic mass is 10.0. The van der Waals surface area contributed by atoms with Gasteiger partial charge >= 0.3 is 6.18 Å². The molecule has 0 spiro atoms. The molecular formula is C19H18F4N6O. The van der Waals surface area contributed by atoms with E-state index >= 15 is 0 Å². The number of nitrogens with two attached hydrogens (primary N) is 1. The first kappa shape index (κ1) is 21.4. The molecule has 7 nitrogen and oxygen atoms in total. The predicted octanol–water partition coefficient (Wildman–Crippen LogP) is 3.04. The number of aromatic nitrogens is 3. The van der Waals surface area contributed by atoms with E-state index < -0.39 is 29.5 Å². The monoisotopic (exact) mass is 422 g/mol. The lowest BCUT2D eigenvalue weighted by Crippen LogP contribution is -2.27. The molecule has 2 heterocycles. The molecule has 0 radical (unpaired) electrons. The van der Waals surface area contributed by atoms with E-state index in [2.05, 4.69) is 25.6 Å². The Kier molecular flexibility index (Phi) is 6.11. The summed E-state index contributed by atoms with van der Waals surface area (Å²) >= 11 is 0. The van der Waals surface area contributed by atoms with Gasteiger partial charge in [0.2, 0.25) is 0 Å². The van der Waals surface area contributed by atoms with Crippen molar-refractivity contribution >= 4 is 22.8 Å². The number of primary amides is 1. The Balaban J connectivity index is 2.06. The van der Waals surface area contributed by atoms with Crippen LogP contribution in [0.25, 0.3) is 11.0 Å². The Hall–Kier alpha value is -3.34. The molecule has 0 aliphatic carbocycles. The summed E-state index contributed by atoms with van der Waals surface area (Å²) in [5.41, 5.74) is 4.86. The van der Waals surface area contributed by atoms with Crippen molar-refractivity contribution in [3.63, 3.8) is 0 Å². The van der Waals surface area contributed by atoms with Crippen LogP contribution >= 0.6 is 0 Å². The third-order valence-corrected chi connectivity index (χ3v) is 4.35. The fraction of sp³-hybridized carbons (Fsp3) is 0.263. The van der Waals surface area contributed by atoms with Crippen LogP contribution in [-0.2, 0) is 6.18 Å². The summed E-state index contributed by atoms with van der Waals surface area (Å²) in [6.07, 6.45) is -2.17. The van der Waals surface area contributed by atoms with E-state index in [1.807, 2.05) is 6.92 Å². The number of rotatable bonds is 7. The molecule has 0 fully saturated rings. The summed E-state index contributed by atoms with van der Waals surface area (Å²) in [6.45, 7) is 2.54. The number of hydrogen-bond donors (Lipinski definition) is 3. The molecule has 0 aliphatic heterocycles. The standard InChI is InChI=1S/C19H18F4N6O/c1-2-25-8-14(10-5-11(19(21,22)23)7-12(20)6-10)29-18-16-15(27-9-28-18)13(17(24)30)3-4-26-16/h3-7,9,14,25H,2,8H2,1H3,(H2,24,30)(H,27,28,29). The van der Waals surface area contributed by atoms with Gasteiger partial charge in [0.1, 0.15) is 23.2 Å². The number of likely N-dealkylation sites (N-methyl/N-ethyl adjacent to an activating group) is 1. The molecule has 1 aromatic carbocycles. The summed E-state index contributed by atoms with van der Waals surface area (Å²) in [4.78, 5) is 23.9. The number of carbonyl (C=O) groups is 1. The largest absolute Gasteiger partial charge is 0.416 e. The highest BCUT2D eigenvalue weighted by Crippen LogP contribution is 2.32. The second-order valence-corrected chi connectivity index (χ2v) is 6.42. The molecule has 3 rings (SSSR count). The molecule has 1 unspecified atom stereocenters. The Morgan fingerprint density at radius 1 is 1.17 bits per heavy atom. The topological polar surface area (TPSA) is 106 Å². The van der Waals surface area contributed by atoms with Crippen molar-refractivity contribution in [2.45, 2.75) is 19.1 Å². The number of nitrogens with one attached hydrogen (secondary N) is 2. The van der Waals surface area contributed by atoms with E-state index in [4.69, 9.17) is 5.73 Å². The zero-order chi connectivity index (χ0) is 21.9. The lowest BCUT2D eigenvalue weighted by molar-refractivity contribution is -0.137. The zero-order valence-corrected chi connectivity index (χ0v) is 15.8. The number of pyridine rings is 1. The van der Waals surface area contributed by atoms with Crippen LogP contribution in [0.4, 0.5) is 23.4 Å². The fourth-order valence-electron chi connectivity index (χ4n) is 2.95. The van der Waals surface area contributed by atoms with Crippen LogP contribution in [-0.4, -0.2) is 33.9 Å². The van der Waals surface area contributed by atoms with Crippen molar-refractivity contribution in [3.8, 4) is 0 Å². The highest BCUT2D eigenvalue weighted by Gasteiger charge is 2.32. The van der Waals surface area contributed by atoms with Gasteiger partial charge in [0.15, 0.2) is 5.82 Å². The summed E-state index contributed by atoms with van der Waals surface area (Å²) in [5, 5.41) is 6.00. The lowest BCUT2D eigenvalue weighted by Gasteiger charge is -2.22. The molecule has 0 saturated heterocycles. The Labute approximate surface area is 168 Å². The van der Waals surface area contributed by atoms with E-state index in [1.165, 1.54) is 18.6 Å². The number of nitrogens with zero attached hydrogens (tertiary/aromatic N) is 3. The number of amides is 1. The third-order valence-electron chi connectivity index (χ3n) is 4.35. The highest BCUT2D eigenvalue weighted by atomic mass is 19.4. The highest BCUT2D eigenvalue weighted by molar-refractivity contribution is 6.05. The second kappa shape index (κ2) is 8.57. The number of carbonyl (C=O) groups excluding carboxylic acids is 1. The van der Waals surface area contributed by atoms with Gasteiger partial charge in [-0.3, -0.25) is 9.78 Å². The average molecular weight is 422 g/mol. The minimum Gasteiger partial charge on any atom is -0.366 e. The molecule has 0 saturated carbocycles. The SMILES string of the molecule is CCNCC(Nc1ncnc2c(C(N)=O)ccnc12)c1cc(F)cc(C(F)(F)F)c1. The molecular weight excluding hydrogens is 404 g/mol. The molecule has 1 atom stereocenters. The molecule has 158 valence electrons. The van der Waals surface area contributed by atoms with E-state index in [0.29, 0.717) is 12.6 Å². The molecule has 0 bridgehead atoms. The normalized spacial score (nSPS) is 12.7. The van der Waals surface area contributed by atoms with Crippen molar-refractivity contribution < 1.29 is 22.4 Å². The van der Waals surface area contributed by atoms with E-state index in [9.17, 15) is 22.4 Å². The van der Waals surface area contributed by atoms with Crippen molar-refractivity contribution in [1.29, 1.82) is 0 Å². The zero-order valence-electron chi connectivity index (χ0n) is 15.8. The first-order valence-corrected chi connectivity index (χ1v) is 8.95. The summed E-state index contributed by atoms with van der Waals surface area (Å²) in [7, 11) is 0. The van der Waals surface area contributed by atoms with Crippen molar-refractivity contribution in [3.05, 3.63) is 59.3 Å². The molecule has 0 aliphatic rings. The molecule has 2 aromatic heterocycles. The van der Waals surface area contributed by atoms with E-state index in [-0.39, 0.29) is 34.5 Å². The summed E-state index contributed by atoms with van der Waals surface area (Å²) < 4.78 is 53.4. The van der Waals surface area contributed by atoms with Crippen LogP contribution in [0.5, 0.6) is 0 Å². The number of hydrogen-bond acceptors (Lipinski definition) is 6. The first-order valence-electron chi connectivity index (χ1n) is 8.95. The quantitative estimate of drug-likeness (QED) is 0.506. The van der Waals surface area contributed by atoms with Gasteiger partial charge in [-0.05, 0) is 36.4 Å². The minimum absolute atomic E-state index is 0.0705. The Bertz CT molecular complexity index is 1070. The van der Waals surface area contributed by atoms with Gasteiger partial charge in [-0.15, -0.1) is 0 Å². The molecule has 4 N–H and O–H groups in total. The van der Waals surface area contributed by atoms with Crippen LogP contribution < -0.4 is 16.4 Å². The number of anilines is 1. The first-order chi connectivity index (χ1) is 14.2. The number of halogens is 4. The van der Waals surface area contributed by atoms with Crippen LogP contribution in [0, 0.1) is 5.82 Å². The van der Waals surface area contributed by atoms with Crippen molar-refractivity contribution in [1.82, 2.24) is 20.3 Å². The number of benzene rings is 1. The van der Waals surface area contributed by atoms with Gasteiger partial charge in [0, 0.05) is 12.7 Å². The Morgan fingerprint density at radius 3 is 2.60 bits per heavy atom. The van der Waals surface area contributed by atoms with Crippen LogP contribution in [0.3, 0.4) is 0 Å². The number of alkyl halides is 3. The van der Waals surface area contributed by atoms with Crippen molar-refractivity contribution in [2.24, 2.45) is 5.73 Å². The average Bonchev–Trinajstić information content (AvgIpc) is 2.69. The maximum absolute atomic E-state index is 13.9. The molecule has 1 amide bonds. The number of fused-ring (bicyclic) bond motifs is 1. The smallest absolute Gasteiger partial charge is 0.366 e. The maximum atomic E-state index is 13.9. The van der Waals surface area contributed by atoms with Crippen molar-refractivity contribution in [2.75, 3.05) is 18.4 Å². The van der Waals surface area contributed by atoms with Gasteiger partial charge in [-0.2, -0.15) is 13.2 Å². The fourth-order valence-corrected chi connectivity index (χ4v) is 2.95. The van der Waals surface area contributed by atoms with Gasteiger partial charge < -0.3 is 16.4 Å². The predicted molar refractivity (Wildman–Crippen MR) is 102 cm³/mol. The van der Waals surface area contributed by atoms with Gasteiger partial charge in [-0.1, -0.05) is 6.92 Å². The van der Waals surface area contributed by atoms with Crippen LogP contribution in [0.1, 0.15) is 34.5 Å². The maximum Gasteiger partial charge on any atom is 0.416 e. The van der Waals surface area contributed by atoms with Crippen LogP contribution in [0.2, 0.25) is 0 Å². The molecule has 3 aromatic rings. The van der Waals surface area contributed by atoms with E-state index in [0.717, 1.165) is 12.1 Å². The summed E-state index contributed by atoms with van der Waals surface area (Å²) in [6, 6.07) is 2.97. The third kappa shape index (κ3) is 4.62. The van der Waals surface area contributed by atoms with E-state index in [1.54, 1.807) is 0 Å².